The molecule has 0 amide bonds. The quantitative estimate of drug-likeness (QED) is 0.782. The second-order valence-electron chi connectivity index (χ2n) is 5.73. The van der Waals surface area contributed by atoms with Gasteiger partial charge in [0.15, 0.2) is 5.82 Å². The zero-order valence-corrected chi connectivity index (χ0v) is 13.6. The van der Waals surface area contributed by atoms with Gasteiger partial charge in [-0.3, -0.25) is 0 Å². The maximum absolute atomic E-state index is 6.03. The minimum atomic E-state index is 0.430. The molecule has 2 N–H and O–H groups in total. The first-order chi connectivity index (χ1) is 10.2. The maximum Gasteiger partial charge on any atom is 0.260 e. The van der Waals surface area contributed by atoms with Crippen molar-refractivity contribution in [3.8, 4) is 11.5 Å². The number of halogens is 1. The molecule has 0 saturated heterocycles. The van der Waals surface area contributed by atoms with Crippen molar-refractivity contribution in [3.05, 3.63) is 28.5 Å². The molecule has 2 aromatic rings. The third kappa shape index (κ3) is 3.46. The normalized spacial score (nSPS) is 17.4. The number of nitrogen functional groups attached to an aromatic ring is 1. The summed E-state index contributed by atoms with van der Waals surface area (Å²) in [7, 11) is 0. The van der Waals surface area contributed by atoms with Gasteiger partial charge in [-0.25, -0.2) is 0 Å². The van der Waals surface area contributed by atoms with Crippen LogP contribution in [0.4, 0.5) is 5.69 Å². The van der Waals surface area contributed by atoms with Gasteiger partial charge in [-0.15, -0.1) is 0 Å². The van der Waals surface area contributed by atoms with E-state index in [2.05, 4.69) is 26.1 Å². The number of aromatic nitrogens is 2. The summed E-state index contributed by atoms with van der Waals surface area (Å²) in [6, 6.07) is 5.70. The summed E-state index contributed by atoms with van der Waals surface area (Å²) in [5, 5.41) is 4.20. The van der Waals surface area contributed by atoms with Crippen LogP contribution in [-0.4, -0.2) is 10.1 Å². The minimum absolute atomic E-state index is 0.430. The summed E-state index contributed by atoms with van der Waals surface area (Å²) in [6.07, 6.45) is 8.84. The molecule has 21 heavy (non-hydrogen) atoms. The molecule has 0 spiro atoms. The first-order valence-corrected chi connectivity index (χ1v) is 8.42. The summed E-state index contributed by atoms with van der Waals surface area (Å²) >= 11 is 3.41. The zero-order valence-electron chi connectivity index (χ0n) is 12.0. The minimum Gasteiger partial charge on any atom is -0.398 e. The van der Waals surface area contributed by atoms with Crippen molar-refractivity contribution in [3.63, 3.8) is 0 Å². The van der Waals surface area contributed by atoms with Crippen molar-refractivity contribution >= 4 is 21.6 Å². The molecule has 1 aliphatic carbocycles. The van der Waals surface area contributed by atoms with Gasteiger partial charge in [0.1, 0.15) is 0 Å². The highest BCUT2D eigenvalue weighted by atomic mass is 79.9. The predicted molar refractivity (Wildman–Crippen MR) is 86.9 cm³/mol. The molecule has 112 valence electrons. The maximum atomic E-state index is 6.03. The van der Waals surface area contributed by atoms with Crippen molar-refractivity contribution in [2.24, 2.45) is 0 Å². The number of hydrogen-bond donors (Lipinski definition) is 1. The van der Waals surface area contributed by atoms with Crippen LogP contribution in [0.1, 0.15) is 56.7 Å². The standard InChI is InChI=1S/C16H20BrN3O/c17-12-8-9-13(14(18)10-12)16-19-15(20-21-16)11-6-4-2-1-3-5-7-11/h8-11H,1-7,18H2. The van der Waals surface area contributed by atoms with Gasteiger partial charge in [-0.1, -0.05) is 53.2 Å². The van der Waals surface area contributed by atoms with E-state index in [1.165, 1.54) is 32.1 Å². The monoisotopic (exact) mass is 349 g/mol. The third-order valence-electron chi connectivity index (χ3n) is 4.16. The van der Waals surface area contributed by atoms with Crippen LogP contribution in [-0.2, 0) is 0 Å². The van der Waals surface area contributed by atoms with Gasteiger partial charge in [0.25, 0.3) is 5.89 Å². The number of benzene rings is 1. The van der Waals surface area contributed by atoms with Crippen LogP contribution >= 0.6 is 15.9 Å². The molecule has 0 bridgehead atoms. The Balaban J connectivity index is 1.81. The van der Waals surface area contributed by atoms with Gasteiger partial charge in [0.2, 0.25) is 0 Å². The van der Waals surface area contributed by atoms with E-state index in [9.17, 15) is 0 Å². The van der Waals surface area contributed by atoms with E-state index in [4.69, 9.17) is 10.3 Å². The highest BCUT2D eigenvalue weighted by Gasteiger charge is 2.20. The van der Waals surface area contributed by atoms with Crippen LogP contribution in [0.25, 0.3) is 11.5 Å². The SMILES string of the molecule is Nc1cc(Br)ccc1-c1nc(C2CCCCCCC2)no1. The van der Waals surface area contributed by atoms with Crippen molar-refractivity contribution in [2.45, 2.75) is 50.9 Å². The van der Waals surface area contributed by atoms with Crippen LogP contribution in [0.15, 0.2) is 27.2 Å². The summed E-state index contributed by atoms with van der Waals surface area (Å²) in [5.41, 5.74) is 7.49. The first kappa shape index (κ1) is 14.6. The van der Waals surface area contributed by atoms with E-state index >= 15 is 0 Å². The van der Waals surface area contributed by atoms with Crippen molar-refractivity contribution < 1.29 is 4.52 Å². The van der Waals surface area contributed by atoms with Gasteiger partial charge in [-0.2, -0.15) is 4.98 Å². The Morgan fingerprint density at radius 3 is 2.52 bits per heavy atom. The molecule has 1 fully saturated rings. The molecule has 1 aromatic heterocycles. The Morgan fingerprint density at radius 1 is 1.10 bits per heavy atom. The molecule has 1 aliphatic rings. The number of anilines is 1. The summed E-state index contributed by atoms with van der Waals surface area (Å²) in [5.74, 6) is 1.80. The van der Waals surface area contributed by atoms with Gasteiger partial charge >= 0.3 is 0 Å². The van der Waals surface area contributed by atoms with Gasteiger partial charge in [0, 0.05) is 16.1 Å². The molecular weight excluding hydrogens is 330 g/mol. The fourth-order valence-corrected chi connectivity index (χ4v) is 3.33. The van der Waals surface area contributed by atoms with E-state index in [-0.39, 0.29) is 0 Å². The molecule has 0 unspecified atom stereocenters. The molecule has 0 atom stereocenters. The number of nitrogens with zero attached hydrogens (tertiary/aromatic N) is 2. The molecule has 4 nitrogen and oxygen atoms in total. The topological polar surface area (TPSA) is 64.9 Å². The lowest BCUT2D eigenvalue weighted by Gasteiger charge is -2.15. The van der Waals surface area contributed by atoms with Crippen molar-refractivity contribution in [1.29, 1.82) is 0 Å². The second-order valence-corrected chi connectivity index (χ2v) is 6.65. The molecular formula is C16H20BrN3O. The van der Waals surface area contributed by atoms with E-state index in [1.54, 1.807) is 0 Å². The number of hydrogen-bond acceptors (Lipinski definition) is 4. The van der Waals surface area contributed by atoms with E-state index < -0.39 is 0 Å². The Hall–Kier alpha value is -1.36. The average molecular weight is 350 g/mol. The largest absolute Gasteiger partial charge is 0.398 e. The van der Waals surface area contributed by atoms with Crippen LogP contribution in [0.2, 0.25) is 0 Å². The van der Waals surface area contributed by atoms with Crippen LogP contribution in [0.3, 0.4) is 0 Å². The number of rotatable bonds is 2. The lowest BCUT2D eigenvalue weighted by atomic mass is 9.91. The Kier molecular flexibility index (Phi) is 4.58. The molecule has 1 saturated carbocycles. The van der Waals surface area contributed by atoms with Crippen LogP contribution < -0.4 is 5.73 Å². The van der Waals surface area contributed by atoms with Crippen molar-refractivity contribution in [2.75, 3.05) is 5.73 Å². The predicted octanol–water partition coefficient (Wildman–Crippen LogP) is 4.91. The van der Waals surface area contributed by atoms with E-state index in [1.807, 2.05) is 18.2 Å². The van der Waals surface area contributed by atoms with Gasteiger partial charge in [-0.05, 0) is 31.0 Å². The highest BCUT2D eigenvalue weighted by Crippen LogP contribution is 2.32. The van der Waals surface area contributed by atoms with E-state index in [0.29, 0.717) is 17.5 Å². The average Bonchev–Trinajstić information content (AvgIpc) is 2.87. The Bertz CT molecular complexity index is 603. The van der Waals surface area contributed by atoms with Gasteiger partial charge < -0.3 is 10.3 Å². The summed E-state index contributed by atoms with van der Waals surface area (Å²) < 4.78 is 6.39. The highest BCUT2D eigenvalue weighted by molar-refractivity contribution is 9.10. The first-order valence-electron chi connectivity index (χ1n) is 7.63. The number of nitrogens with two attached hydrogens (primary N) is 1. The smallest absolute Gasteiger partial charge is 0.260 e. The molecule has 1 heterocycles. The molecule has 3 rings (SSSR count). The fraction of sp³-hybridized carbons (Fsp3) is 0.500. The second kappa shape index (κ2) is 6.60. The lowest BCUT2D eigenvalue weighted by molar-refractivity contribution is 0.393. The fourth-order valence-electron chi connectivity index (χ4n) is 2.95. The van der Waals surface area contributed by atoms with Crippen molar-refractivity contribution in [1.82, 2.24) is 10.1 Å². The van der Waals surface area contributed by atoms with E-state index in [0.717, 1.165) is 28.7 Å². The van der Waals surface area contributed by atoms with Crippen LogP contribution in [0, 0.1) is 0 Å². The molecule has 0 radical (unpaired) electrons. The summed E-state index contributed by atoms with van der Waals surface area (Å²) in [6.45, 7) is 0. The Labute approximate surface area is 133 Å². The van der Waals surface area contributed by atoms with Crippen LogP contribution in [0.5, 0.6) is 0 Å². The van der Waals surface area contributed by atoms with Gasteiger partial charge in [0.05, 0.1) is 5.56 Å². The molecule has 1 aromatic carbocycles. The Morgan fingerprint density at radius 2 is 1.81 bits per heavy atom. The molecule has 5 heteroatoms. The summed E-state index contributed by atoms with van der Waals surface area (Å²) in [4.78, 5) is 4.59. The molecule has 0 aliphatic heterocycles. The zero-order chi connectivity index (χ0) is 14.7. The lowest BCUT2D eigenvalue weighted by Crippen LogP contribution is -2.04. The third-order valence-corrected chi connectivity index (χ3v) is 4.65.